The number of furan rings is 1. The Balaban J connectivity index is 1.91. The number of hydrogen-bond acceptors (Lipinski definition) is 6. The zero-order valence-corrected chi connectivity index (χ0v) is 15.3. The van der Waals surface area contributed by atoms with Gasteiger partial charge >= 0.3 is 11.9 Å². The number of fused-ring (bicyclic) bond motifs is 1. The van der Waals surface area contributed by atoms with E-state index in [4.69, 9.17) is 4.42 Å². The fourth-order valence-corrected chi connectivity index (χ4v) is 2.98. The molecule has 0 radical (unpaired) electrons. The van der Waals surface area contributed by atoms with Gasteiger partial charge in [0, 0.05) is 0 Å². The largest absolute Gasteiger partial charge is 0.478 e. The number of hydrogen-bond donors (Lipinski definition) is 1. The van der Waals surface area contributed by atoms with E-state index in [0.717, 1.165) is 0 Å². The average molecular weight is 403 g/mol. The summed E-state index contributed by atoms with van der Waals surface area (Å²) in [4.78, 5) is 39.1. The van der Waals surface area contributed by atoms with Crippen LogP contribution in [0.5, 0.6) is 0 Å². The third-order valence-corrected chi connectivity index (χ3v) is 4.34. The van der Waals surface area contributed by atoms with Crippen molar-refractivity contribution in [1.29, 1.82) is 0 Å². The summed E-state index contributed by atoms with van der Waals surface area (Å²) in [6.07, 6.45) is 2.92. The summed E-state index contributed by atoms with van der Waals surface area (Å²) in [5, 5.41) is 20.4. The van der Waals surface area contributed by atoms with Gasteiger partial charge in [0.25, 0.3) is 5.56 Å². The molecule has 2 heterocycles. The third-order valence-electron chi connectivity index (χ3n) is 4.34. The molecule has 0 aliphatic heterocycles. The zero-order valence-electron chi connectivity index (χ0n) is 15.3. The molecule has 1 N–H and O–H groups in total. The van der Waals surface area contributed by atoms with Crippen LogP contribution in [-0.4, -0.2) is 25.6 Å². The van der Waals surface area contributed by atoms with Crippen LogP contribution in [0.25, 0.3) is 28.7 Å². The van der Waals surface area contributed by atoms with Gasteiger partial charge in [0.1, 0.15) is 16.5 Å². The molecule has 2 aromatic heterocycles. The van der Waals surface area contributed by atoms with E-state index in [1.165, 1.54) is 47.1 Å². The molecule has 30 heavy (non-hydrogen) atoms. The molecule has 0 bridgehead atoms. The molecule has 0 atom stereocenters. The lowest BCUT2D eigenvalue weighted by molar-refractivity contribution is -0.402. The van der Waals surface area contributed by atoms with Gasteiger partial charge in [0.15, 0.2) is 0 Å². The maximum atomic E-state index is 13.2. The Hall–Kier alpha value is -4.53. The van der Waals surface area contributed by atoms with Crippen LogP contribution in [0.4, 0.5) is 5.88 Å². The summed E-state index contributed by atoms with van der Waals surface area (Å²) >= 11 is 0. The minimum absolute atomic E-state index is 0.0177. The van der Waals surface area contributed by atoms with E-state index in [1.807, 2.05) is 0 Å². The maximum absolute atomic E-state index is 13.2. The van der Waals surface area contributed by atoms with Gasteiger partial charge in [-0.05, 0) is 48.6 Å². The number of para-hydroxylation sites is 1. The molecule has 0 saturated carbocycles. The van der Waals surface area contributed by atoms with Crippen molar-refractivity contribution < 1.29 is 19.2 Å². The van der Waals surface area contributed by atoms with Crippen LogP contribution >= 0.6 is 0 Å². The van der Waals surface area contributed by atoms with Crippen LogP contribution in [0, 0.1) is 10.1 Å². The number of nitro groups is 1. The first-order chi connectivity index (χ1) is 14.4. The molecule has 4 rings (SSSR count). The second-order valence-corrected chi connectivity index (χ2v) is 6.25. The predicted molar refractivity (Wildman–Crippen MR) is 109 cm³/mol. The van der Waals surface area contributed by atoms with Crippen LogP contribution < -0.4 is 5.56 Å². The minimum atomic E-state index is -1.13. The molecule has 0 unspecified atom stereocenters. The Kier molecular flexibility index (Phi) is 4.69. The van der Waals surface area contributed by atoms with Crippen LogP contribution in [0.15, 0.2) is 69.9 Å². The van der Waals surface area contributed by atoms with Crippen LogP contribution in [-0.2, 0) is 0 Å². The second-order valence-electron chi connectivity index (χ2n) is 6.25. The van der Waals surface area contributed by atoms with Gasteiger partial charge in [-0.25, -0.2) is 9.78 Å². The summed E-state index contributed by atoms with van der Waals surface area (Å²) < 4.78 is 6.38. The lowest BCUT2D eigenvalue weighted by Crippen LogP contribution is -2.22. The van der Waals surface area contributed by atoms with Gasteiger partial charge in [0.05, 0.1) is 28.2 Å². The quantitative estimate of drug-likeness (QED) is 0.397. The van der Waals surface area contributed by atoms with Crippen molar-refractivity contribution in [3.05, 3.63) is 98.3 Å². The topological polar surface area (TPSA) is 128 Å². The number of carboxylic acid groups (broad SMARTS) is 1. The van der Waals surface area contributed by atoms with E-state index in [1.54, 1.807) is 30.3 Å². The molecule has 0 aliphatic carbocycles. The molecule has 0 saturated heterocycles. The monoisotopic (exact) mass is 403 g/mol. The number of aromatic nitrogens is 2. The van der Waals surface area contributed by atoms with Gasteiger partial charge in [-0.2, -0.15) is 0 Å². The fraction of sp³-hybridized carbons (Fsp3) is 0. The molecular weight excluding hydrogens is 390 g/mol. The maximum Gasteiger partial charge on any atom is 0.433 e. The lowest BCUT2D eigenvalue weighted by Gasteiger charge is -2.12. The number of carboxylic acids is 1. The first-order valence-electron chi connectivity index (χ1n) is 8.72. The molecule has 0 spiro atoms. The second kappa shape index (κ2) is 7.47. The molecule has 2 aromatic carbocycles. The minimum Gasteiger partial charge on any atom is -0.478 e. The van der Waals surface area contributed by atoms with E-state index in [-0.39, 0.29) is 22.7 Å². The van der Waals surface area contributed by atoms with Crippen molar-refractivity contribution in [2.24, 2.45) is 0 Å². The highest BCUT2D eigenvalue weighted by Crippen LogP contribution is 2.19. The van der Waals surface area contributed by atoms with Gasteiger partial charge in [0.2, 0.25) is 0 Å². The van der Waals surface area contributed by atoms with E-state index < -0.39 is 16.8 Å². The number of nitrogens with zero attached hydrogens (tertiary/aromatic N) is 3. The van der Waals surface area contributed by atoms with Gasteiger partial charge in [-0.1, -0.05) is 18.2 Å². The van der Waals surface area contributed by atoms with Gasteiger partial charge in [-0.15, -0.1) is 0 Å². The van der Waals surface area contributed by atoms with E-state index in [9.17, 15) is 24.8 Å². The number of carbonyl (C=O) groups is 1. The van der Waals surface area contributed by atoms with Crippen molar-refractivity contribution in [2.75, 3.05) is 0 Å². The molecular formula is C21H13N3O6. The van der Waals surface area contributed by atoms with Crippen molar-refractivity contribution in [3.63, 3.8) is 0 Å². The molecule has 0 amide bonds. The Bertz CT molecular complexity index is 1380. The Morgan fingerprint density at radius 1 is 1.10 bits per heavy atom. The molecule has 0 aliphatic rings. The fourth-order valence-electron chi connectivity index (χ4n) is 2.98. The average Bonchev–Trinajstić information content (AvgIpc) is 3.22. The van der Waals surface area contributed by atoms with Crippen LogP contribution in [0.1, 0.15) is 21.9 Å². The van der Waals surface area contributed by atoms with Crippen LogP contribution in [0.3, 0.4) is 0 Å². The number of benzene rings is 2. The first kappa shape index (κ1) is 18.8. The van der Waals surface area contributed by atoms with Crippen molar-refractivity contribution in [2.45, 2.75) is 0 Å². The summed E-state index contributed by atoms with van der Waals surface area (Å²) in [7, 11) is 0. The lowest BCUT2D eigenvalue weighted by atomic mass is 10.2. The SMILES string of the molecule is O=C(O)c1cccc(-n2c(/C=C/c3ccc([N+](=O)[O-])o3)nc3ccccc3c2=O)c1. The smallest absolute Gasteiger partial charge is 0.433 e. The third kappa shape index (κ3) is 3.47. The zero-order chi connectivity index (χ0) is 21.3. The summed E-state index contributed by atoms with van der Waals surface area (Å²) in [6.45, 7) is 0. The van der Waals surface area contributed by atoms with Crippen molar-refractivity contribution in [3.8, 4) is 5.69 Å². The molecule has 9 nitrogen and oxygen atoms in total. The normalized spacial score (nSPS) is 11.2. The summed E-state index contributed by atoms with van der Waals surface area (Å²) in [5.74, 6) is -1.12. The highest BCUT2D eigenvalue weighted by Gasteiger charge is 2.14. The Morgan fingerprint density at radius 2 is 1.90 bits per heavy atom. The van der Waals surface area contributed by atoms with E-state index in [0.29, 0.717) is 16.6 Å². The highest BCUT2D eigenvalue weighted by molar-refractivity contribution is 5.88. The van der Waals surface area contributed by atoms with Crippen LogP contribution in [0.2, 0.25) is 0 Å². The van der Waals surface area contributed by atoms with E-state index >= 15 is 0 Å². The molecule has 0 fully saturated rings. The van der Waals surface area contributed by atoms with Crippen molar-refractivity contribution >= 4 is 34.9 Å². The highest BCUT2D eigenvalue weighted by atomic mass is 16.6. The molecule has 4 aromatic rings. The molecule has 9 heteroatoms. The van der Waals surface area contributed by atoms with Crippen molar-refractivity contribution in [1.82, 2.24) is 9.55 Å². The first-order valence-corrected chi connectivity index (χ1v) is 8.72. The summed E-state index contributed by atoms with van der Waals surface area (Å²) in [5.41, 5.74) is 0.416. The van der Waals surface area contributed by atoms with Gasteiger partial charge in [-0.3, -0.25) is 19.5 Å². The molecule has 148 valence electrons. The standard InChI is InChI=1S/C21H13N3O6/c25-20-16-6-1-2-7-17(16)22-18(10-8-15-9-11-19(30-15)24(28)29)23(20)14-5-3-4-13(12-14)21(26)27/h1-12H,(H,26,27)/b10-8+. The Labute approximate surface area is 168 Å². The van der Waals surface area contributed by atoms with Gasteiger partial charge < -0.3 is 9.52 Å². The summed E-state index contributed by atoms with van der Waals surface area (Å²) in [6, 6.07) is 15.3. The Morgan fingerprint density at radius 3 is 2.63 bits per heavy atom. The predicted octanol–water partition coefficient (Wildman–Crippen LogP) is 3.76. The number of aromatic carboxylic acids is 1. The van der Waals surface area contributed by atoms with E-state index in [2.05, 4.69) is 4.98 Å². The number of rotatable bonds is 5.